The van der Waals surface area contributed by atoms with Crippen molar-refractivity contribution < 1.29 is 19.0 Å². The highest BCUT2D eigenvalue weighted by Crippen LogP contribution is 2.32. The fourth-order valence-corrected chi connectivity index (χ4v) is 6.38. The summed E-state index contributed by atoms with van der Waals surface area (Å²) in [6.45, 7) is 6.16. The maximum Gasteiger partial charge on any atom is 0.338 e. The number of nitrogens with zero attached hydrogens (tertiary/aromatic N) is 2. The Bertz CT molecular complexity index is 1530. The van der Waals surface area contributed by atoms with Crippen molar-refractivity contribution in [2.45, 2.75) is 26.8 Å². The van der Waals surface area contributed by atoms with Gasteiger partial charge in [0.25, 0.3) is 5.56 Å². The summed E-state index contributed by atoms with van der Waals surface area (Å²) in [5, 5.41) is 0.534. The SMILES string of the molecule is CCOC(=O)C1=C(C)N=c2s/c(=C\c3cc(Cl)cc(I)c3OC)c(=O)n2[C@H]1c1ccc(OCC)cc1. The molecule has 0 N–H and O–H groups in total. The molecule has 2 aromatic carbocycles. The third kappa shape index (κ3) is 5.09. The number of hydrogen-bond donors (Lipinski definition) is 0. The molecule has 0 fully saturated rings. The van der Waals surface area contributed by atoms with Crippen LogP contribution >= 0.6 is 45.5 Å². The van der Waals surface area contributed by atoms with Crippen LogP contribution in [-0.2, 0) is 9.53 Å². The Morgan fingerprint density at radius 1 is 1.22 bits per heavy atom. The second kappa shape index (κ2) is 11.2. The summed E-state index contributed by atoms with van der Waals surface area (Å²) in [6, 6.07) is 10.2. The summed E-state index contributed by atoms with van der Waals surface area (Å²) < 4.78 is 19.3. The molecule has 0 unspecified atom stereocenters. The van der Waals surface area contributed by atoms with Crippen molar-refractivity contribution in [3.63, 3.8) is 0 Å². The smallest absolute Gasteiger partial charge is 0.338 e. The molecule has 1 atom stereocenters. The minimum absolute atomic E-state index is 0.212. The van der Waals surface area contributed by atoms with E-state index in [1.165, 1.54) is 11.3 Å². The molecule has 0 saturated carbocycles. The number of benzene rings is 2. The highest BCUT2D eigenvalue weighted by Gasteiger charge is 2.33. The van der Waals surface area contributed by atoms with E-state index < -0.39 is 12.0 Å². The number of fused-ring (bicyclic) bond motifs is 1. The second-order valence-electron chi connectivity index (χ2n) is 7.81. The first-order valence-corrected chi connectivity index (χ1v) is 13.5. The topological polar surface area (TPSA) is 79.1 Å². The summed E-state index contributed by atoms with van der Waals surface area (Å²) in [5.74, 6) is 0.824. The van der Waals surface area contributed by atoms with E-state index in [9.17, 15) is 9.59 Å². The maximum absolute atomic E-state index is 13.8. The molecule has 0 saturated heterocycles. The molecule has 1 aliphatic heterocycles. The van der Waals surface area contributed by atoms with Crippen LogP contribution in [-0.4, -0.2) is 30.9 Å². The Hall–Kier alpha value is -2.63. The first-order valence-electron chi connectivity index (χ1n) is 11.2. The standard InChI is InChI=1S/C26H24ClIN2O5S/c1-5-34-18-9-7-15(8-10-18)22-21(25(32)35-6-2)14(3)29-26-30(22)24(31)20(36-26)12-16-11-17(27)13-19(28)23(16)33-4/h7-13,22H,5-6H2,1-4H3/b20-12-/t22-/m0/s1. The number of ether oxygens (including phenoxy) is 3. The van der Waals surface area contributed by atoms with Gasteiger partial charge in [0, 0.05) is 10.6 Å². The van der Waals surface area contributed by atoms with E-state index in [1.54, 1.807) is 43.7 Å². The number of hydrogen-bond acceptors (Lipinski definition) is 7. The van der Waals surface area contributed by atoms with Gasteiger partial charge in [-0.15, -0.1) is 0 Å². The number of rotatable bonds is 7. The van der Waals surface area contributed by atoms with Crippen molar-refractivity contribution in [3.05, 3.63) is 87.1 Å². The van der Waals surface area contributed by atoms with E-state index in [0.717, 1.165) is 9.13 Å². The fraction of sp³-hybridized carbons (Fsp3) is 0.269. The van der Waals surface area contributed by atoms with Gasteiger partial charge < -0.3 is 14.2 Å². The van der Waals surface area contributed by atoms with Crippen LogP contribution in [0.1, 0.15) is 37.9 Å². The Balaban J connectivity index is 1.95. The largest absolute Gasteiger partial charge is 0.495 e. The molecule has 36 heavy (non-hydrogen) atoms. The molecular formula is C26H24ClIN2O5S. The van der Waals surface area contributed by atoms with Gasteiger partial charge in [-0.3, -0.25) is 9.36 Å². The minimum atomic E-state index is -0.695. The number of halogens is 2. The monoisotopic (exact) mass is 638 g/mol. The number of methoxy groups -OCH3 is 1. The van der Waals surface area contributed by atoms with Gasteiger partial charge in [0.05, 0.1) is 45.7 Å². The number of aromatic nitrogens is 1. The summed E-state index contributed by atoms with van der Waals surface area (Å²) in [4.78, 5) is 31.9. The average Bonchev–Trinajstić information content (AvgIpc) is 3.13. The Labute approximate surface area is 230 Å². The highest BCUT2D eigenvalue weighted by atomic mass is 127. The lowest BCUT2D eigenvalue weighted by Gasteiger charge is -2.24. The predicted octanol–water partition coefficient (Wildman–Crippen LogP) is 4.46. The molecule has 7 nitrogen and oxygen atoms in total. The zero-order valence-corrected chi connectivity index (χ0v) is 23.9. The molecule has 4 rings (SSSR count). The predicted molar refractivity (Wildman–Crippen MR) is 149 cm³/mol. The quantitative estimate of drug-likeness (QED) is 0.282. The second-order valence-corrected chi connectivity index (χ2v) is 10.4. The van der Waals surface area contributed by atoms with Crippen molar-refractivity contribution in [3.8, 4) is 11.5 Å². The van der Waals surface area contributed by atoms with Gasteiger partial charge >= 0.3 is 5.97 Å². The molecule has 0 amide bonds. The Kier molecular flexibility index (Phi) is 8.21. The highest BCUT2D eigenvalue weighted by molar-refractivity contribution is 14.1. The molecule has 1 aromatic heterocycles. The van der Waals surface area contributed by atoms with Crippen LogP contribution in [0.5, 0.6) is 11.5 Å². The van der Waals surface area contributed by atoms with Crippen LogP contribution in [0.2, 0.25) is 5.02 Å². The number of esters is 1. The minimum Gasteiger partial charge on any atom is -0.495 e. The number of thiazole rings is 1. The zero-order chi connectivity index (χ0) is 26.0. The van der Waals surface area contributed by atoms with Gasteiger partial charge in [-0.2, -0.15) is 0 Å². The van der Waals surface area contributed by atoms with Crippen molar-refractivity contribution in [2.75, 3.05) is 20.3 Å². The summed E-state index contributed by atoms with van der Waals surface area (Å²) in [5.41, 5.74) is 1.99. The third-order valence-corrected chi connectivity index (χ3v) is 7.55. The third-order valence-electron chi connectivity index (χ3n) is 5.55. The van der Waals surface area contributed by atoms with E-state index in [-0.39, 0.29) is 12.2 Å². The lowest BCUT2D eigenvalue weighted by atomic mass is 9.96. The normalized spacial score (nSPS) is 15.4. The maximum atomic E-state index is 13.8. The van der Waals surface area contributed by atoms with E-state index >= 15 is 0 Å². The summed E-state index contributed by atoms with van der Waals surface area (Å²) in [7, 11) is 1.57. The van der Waals surface area contributed by atoms with Crippen LogP contribution in [0.3, 0.4) is 0 Å². The van der Waals surface area contributed by atoms with Crippen molar-refractivity contribution in [1.82, 2.24) is 4.57 Å². The lowest BCUT2D eigenvalue weighted by Crippen LogP contribution is -2.39. The van der Waals surface area contributed by atoms with Crippen LogP contribution in [0.4, 0.5) is 0 Å². The molecule has 3 aromatic rings. The zero-order valence-electron chi connectivity index (χ0n) is 20.1. The van der Waals surface area contributed by atoms with E-state index in [1.807, 2.05) is 31.2 Å². The molecule has 0 aliphatic carbocycles. The van der Waals surface area contributed by atoms with Gasteiger partial charge in [-0.25, -0.2) is 9.79 Å². The number of carbonyl (C=O) groups is 1. The Morgan fingerprint density at radius 2 is 1.94 bits per heavy atom. The van der Waals surface area contributed by atoms with Crippen LogP contribution in [0, 0.1) is 3.57 Å². The van der Waals surface area contributed by atoms with E-state index in [2.05, 4.69) is 27.6 Å². The summed E-state index contributed by atoms with van der Waals surface area (Å²) >= 11 is 9.67. The molecule has 10 heteroatoms. The molecule has 188 valence electrons. The first-order chi connectivity index (χ1) is 17.3. The van der Waals surface area contributed by atoms with E-state index in [0.29, 0.717) is 49.3 Å². The lowest BCUT2D eigenvalue weighted by molar-refractivity contribution is -0.139. The Morgan fingerprint density at radius 3 is 2.58 bits per heavy atom. The van der Waals surface area contributed by atoms with Gasteiger partial charge in [0.2, 0.25) is 0 Å². The molecule has 0 bridgehead atoms. The first kappa shape index (κ1) is 26.4. The van der Waals surface area contributed by atoms with E-state index in [4.69, 9.17) is 25.8 Å². The molecular weight excluding hydrogens is 615 g/mol. The number of allylic oxidation sites excluding steroid dienone is 1. The molecule has 1 aliphatic rings. The van der Waals surface area contributed by atoms with Gasteiger partial charge in [-0.1, -0.05) is 35.1 Å². The van der Waals surface area contributed by atoms with Crippen molar-refractivity contribution in [2.24, 2.45) is 4.99 Å². The van der Waals surface area contributed by atoms with Crippen LogP contribution in [0.15, 0.2) is 57.5 Å². The fourth-order valence-electron chi connectivity index (χ4n) is 4.06. The van der Waals surface area contributed by atoms with Crippen molar-refractivity contribution >= 4 is 57.6 Å². The summed E-state index contributed by atoms with van der Waals surface area (Å²) in [6.07, 6.45) is 1.75. The van der Waals surface area contributed by atoms with Crippen LogP contribution < -0.4 is 24.4 Å². The molecule has 0 spiro atoms. The average molecular weight is 639 g/mol. The molecule has 0 radical (unpaired) electrons. The molecule has 2 heterocycles. The van der Waals surface area contributed by atoms with Gasteiger partial charge in [0.15, 0.2) is 4.80 Å². The number of carbonyl (C=O) groups excluding carboxylic acids is 1. The van der Waals surface area contributed by atoms with Gasteiger partial charge in [0.1, 0.15) is 11.5 Å². The van der Waals surface area contributed by atoms with Gasteiger partial charge in [-0.05, 0) is 79.3 Å². The van der Waals surface area contributed by atoms with Crippen LogP contribution in [0.25, 0.3) is 6.08 Å². The van der Waals surface area contributed by atoms with Crippen molar-refractivity contribution in [1.29, 1.82) is 0 Å².